The first-order valence-electron chi connectivity index (χ1n) is 12.5. The van der Waals surface area contributed by atoms with E-state index in [4.69, 9.17) is 16.3 Å². The number of nitrogens with one attached hydrogen (secondary N) is 1. The lowest BCUT2D eigenvalue weighted by Crippen LogP contribution is -2.52. The molecule has 208 valence electrons. The third-order valence-corrected chi connectivity index (χ3v) is 8.16. The highest BCUT2D eigenvalue weighted by atomic mass is 35.5. The number of aryl methyl sites for hydroxylation is 1. The van der Waals surface area contributed by atoms with Crippen LogP contribution in [0.25, 0.3) is 0 Å². The van der Waals surface area contributed by atoms with Gasteiger partial charge in [0.1, 0.15) is 18.3 Å². The predicted octanol–water partition coefficient (Wildman–Crippen LogP) is 4.79. The first kappa shape index (κ1) is 30.0. The lowest BCUT2D eigenvalue weighted by Gasteiger charge is -2.32. The maximum Gasteiger partial charge on any atom is 0.264 e. The van der Waals surface area contributed by atoms with Crippen LogP contribution in [0.3, 0.4) is 0 Å². The van der Waals surface area contributed by atoms with Crippen LogP contribution >= 0.6 is 11.6 Å². The zero-order valence-corrected chi connectivity index (χ0v) is 24.3. The van der Waals surface area contributed by atoms with Crippen molar-refractivity contribution in [1.29, 1.82) is 0 Å². The zero-order chi connectivity index (χ0) is 28.7. The van der Waals surface area contributed by atoms with E-state index in [1.165, 1.54) is 17.0 Å². The van der Waals surface area contributed by atoms with Crippen molar-refractivity contribution >= 4 is 39.1 Å². The molecule has 0 unspecified atom stereocenters. The molecule has 0 bridgehead atoms. The Bertz CT molecular complexity index is 1400. The lowest BCUT2D eigenvalue weighted by atomic mass is 10.1. The molecule has 0 heterocycles. The number of carbonyl (C=O) groups is 2. The normalized spacial score (nSPS) is 12.1. The summed E-state index contributed by atoms with van der Waals surface area (Å²) < 4.78 is 34.0. The van der Waals surface area contributed by atoms with Gasteiger partial charge in [0.25, 0.3) is 10.0 Å². The minimum absolute atomic E-state index is 0.0412. The SMILES string of the molecule is COc1ccc(CN(C(=O)CN(c2ccc(Cl)cc2C)S(=O)(=O)c2ccccc2)[C@H](C)C(=O)NC(C)C)cc1. The number of hydrogen-bond acceptors (Lipinski definition) is 5. The minimum Gasteiger partial charge on any atom is -0.497 e. The van der Waals surface area contributed by atoms with Crippen LogP contribution in [0, 0.1) is 6.92 Å². The molecular formula is C29H34ClN3O5S. The average Bonchev–Trinajstić information content (AvgIpc) is 2.90. The van der Waals surface area contributed by atoms with E-state index in [9.17, 15) is 18.0 Å². The Morgan fingerprint density at radius 2 is 1.62 bits per heavy atom. The van der Waals surface area contributed by atoms with E-state index in [0.29, 0.717) is 22.0 Å². The fourth-order valence-electron chi connectivity index (χ4n) is 4.05. The van der Waals surface area contributed by atoms with Crippen LogP contribution in [0.5, 0.6) is 5.75 Å². The van der Waals surface area contributed by atoms with Gasteiger partial charge < -0.3 is 15.0 Å². The highest BCUT2D eigenvalue weighted by Crippen LogP contribution is 2.29. The summed E-state index contributed by atoms with van der Waals surface area (Å²) in [6, 6.07) is 18.8. The maximum absolute atomic E-state index is 13.9. The molecule has 0 saturated carbocycles. The van der Waals surface area contributed by atoms with Gasteiger partial charge in [0.05, 0.1) is 17.7 Å². The number of anilines is 1. The van der Waals surface area contributed by atoms with Gasteiger partial charge in [0.2, 0.25) is 11.8 Å². The molecule has 2 amide bonds. The number of nitrogens with zero attached hydrogens (tertiary/aromatic N) is 2. The van der Waals surface area contributed by atoms with Crippen LogP contribution < -0.4 is 14.4 Å². The van der Waals surface area contributed by atoms with Gasteiger partial charge in [0.15, 0.2) is 0 Å². The van der Waals surface area contributed by atoms with Gasteiger partial charge in [-0.05, 0) is 81.3 Å². The summed E-state index contributed by atoms with van der Waals surface area (Å²) in [4.78, 5) is 28.3. The highest BCUT2D eigenvalue weighted by Gasteiger charge is 2.33. The van der Waals surface area contributed by atoms with E-state index >= 15 is 0 Å². The molecule has 0 fully saturated rings. The fraction of sp³-hybridized carbons (Fsp3) is 0.310. The standard InChI is InChI=1S/C29H34ClN3O5S/c1-20(2)31-29(35)22(4)32(18-23-11-14-25(38-5)15-12-23)28(34)19-33(27-16-13-24(30)17-21(27)3)39(36,37)26-9-7-6-8-10-26/h6-17,20,22H,18-19H2,1-5H3,(H,31,35)/t22-/m1/s1. The van der Waals surface area contributed by atoms with Crippen molar-refractivity contribution in [2.45, 2.75) is 51.2 Å². The molecule has 3 aromatic rings. The Morgan fingerprint density at radius 1 is 0.974 bits per heavy atom. The van der Waals surface area contributed by atoms with Gasteiger partial charge in [0, 0.05) is 17.6 Å². The van der Waals surface area contributed by atoms with Crippen molar-refractivity contribution in [2.75, 3.05) is 18.0 Å². The Morgan fingerprint density at radius 3 is 2.18 bits per heavy atom. The Kier molecular flexibility index (Phi) is 9.99. The van der Waals surface area contributed by atoms with Crippen LogP contribution in [-0.2, 0) is 26.2 Å². The molecule has 3 rings (SSSR count). The van der Waals surface area contributed by atoms with Crippen molar-refractivity contribution in [2.24, 2.45) is 0 Å². The summed E-state index contributed by atoms with van der Waals surface area (Å²) in [7, 11) is -2.58. The van der Waals surface area contributed by atoms with Gasteiger partial charge in [-0.3, -0.25) is 13.9 Å². The van der Waals surface area contributed by atoms with Crippen molar-refractivity contribution in [1.82, 2.24) is 10.2 Å². The third-order valence-electron chi connectivity index (χ3n) is 6.15. The number of methoxy groups -OCH3 is 1. The second-order valence-electron chi connectivity index (χ2n) is 9.46. The van der Waals surface area contributed by atoms with Crippen LogP contribution in [0.2, 0.25) is 5.02 Å². The number of hydrogen-bond donors (Lipinski definition) is 1. The average molecular weight is 572 g/mol. The van der Waals surface area contributed by atoms with Crippen LogP contribution in [-0.4, -0.2) is 50.9 Å². The van der Waals surface area contributed by atoms with Gasteiger partial charge in [-0.2, -0.15) is 0 Å². The van der Waals surface area contributed by atoms with E-state index < -0.39 is 28.5 Å². The number of ether oxygens (including phenoxy) is 1. The van der Waals surface area contributed by atoms with E-state index in [-0.39, 0.29) is 23.4 Å². The molecule has 10 heteroatoms. The van der Waals surface area contributed by atoms with Gasteiger partial charge in [-0.1, -0.05) is 41.9 Å². The lowest BCUT2D eigenvalue weighted by molar-refractivity contribution is -0.139. The van der Waals surface area contributed by atoms with E-state index in [2.05, 4.69) is 5.32 Å². The molecule has 39 heavy (non-hydrogen) atoms. The molecule has 0 aliphatic carbocycles. The number of benzene rings is 3. The number of amides is 2. The highest BCUT2D eigenvalue weighted by molar-refractivity contribution is 7.92. The second kappa shape index (κ2) is 13.0. The van der Waals surface area contributed by atoms with Crippen molar-refractivity contribution in [3.05, 3.63) is 88.9 Å². The summed E-state index contributed by atoms with van der Waals surface area (Å²) >= 11 is 6.14. The molecule has 1 N–H and O–H groups in total. The van der Waals surface area contributed by atoms with Crippen LogP contribution in [0.15, 0.2) is 77.7 Å². The van der Waals surface area contributed by atoms with Crippen molar-refractivity contribution < 1.29 is 22.7 Å². The Labute approximate surface area is 235 Å². The number of rotatable bonds is 11. The molecule has 0 saturated heterocycles. The van der Waals surface area contributed by atoms with Crippen molar-refractivity contribution in [3.8, 4) is 5.75 Å². The number of sulfonamides is 1. The molecule has 3 aromatic carbocycles. The molecular weight excluding hydrogens is 538 g/mol. The molecule has 0 aromatic heterocycles. The van der Waals surface area contributed by atoms with Crippen molar-refractivity contribution in [3.63, 3.8) is 0 Å². The minimum atomic E-state index is -4.14. The first-order valence-corrected chi connectivity index (χ1v) is 14.3. The summed E-state index contributed by atoms with van der Waals surface area (Å²) in [5, 5.41) is 3.28. The second-order valence-corrected chi connectivity index (χ2v) is 11.8. The van der Waals surface area contributed by atoms with Gasteiger partial charge >= 0.3 is 0 Å². The van der Waals surface area contributed by atoms with E-state index in [1.54, 1.807) is 81.6 Å². The maximum atomic E-state index is 13.9. The smallest absolute Gasteiger partial charge is 0.264 e. The topological polar surface area (TPSA) is 96.0 Å². The Balaban J connectivity index is 2.04. The summed E-state index contributed by atoms with van der Waals surface area (Å²) in [6.07, 6.45) is 0. The monoisotopic (exact) mass is 571 g/mol. The quantitative estimate of drug-likeness (QED) is 0.357. The largest absolute Gasteiger partial charge is 0.497 e. The molecule has 1 atom stereocenters. The fourth-order valence-corrected chi connectivity index (χ4v) is 5.77. The van der Waals surface area contributed by atoms with Gasteiger partial charge in [-0.15, -0.1) is 0 Å². The number of carbonyl (C=O) groups excluding carboxylic acids is 2. The molecule has 0 aliphatic rings. The van der Waals surface area contributed by atoms with E-state index in [1.807, 2.05) is 13.8 Å². The Hall–Kier alpha value is -3.56. The summed E-state index contributed by atoms with van der Waals surface area (Å²) in [6.45, 7) is 6.59. The number of halogens is 1. The molecule has 0 aliphatic heterocycles. The van der Waals surface area contributed by atoms with Crippen LogP contribution in [0.1, 0.15) is 31.9 Å². The van der Waals surface area contributed by atoms with E-state index in [0.717, 1.165) is 9.87 Å². The molecule has 0 spiro atoms. The summed E-state index contributed by atoms with van der Waals surface area (Å²) in [5.41, 5.74) is 1.66. The zero-order valence-electron chi connectivity index (χ0n) is 22.7. The third kappa shape index (κ3) is 7.52. The molecule has 0 radical (unpaired) electrons. The molecule has 8 nitrogen and oxygen atoms in total. The van der Waals surface area contributed by atoms with Gasteiger partial charge in [-0.25, -0.2) is 8.42 Å². The first-order chi connectivity index (χ1) is 18.4. The van der Waals surface area contributed by atoms with Crippen LogP contribution in [0.4, 0.5) is 5.69 Å². The predicted molar refractivity (Wildman–Crippen MR) is 153 cm³/mol. The summed E-state index contributed by atoms with van der Waals surface area (Å²) in [5.74, 6) is -0.223.